The molecule has 0 spiro atoms. The lowest BCUT2D eigenvalue weighted by Crippen LogP contribution is -2.04. The van der Waals surface area contributed by atoms with Crippen LogP contribution < -0.4 is 0 Å². The quantitative estimate of drug-likeness (QED) is 0.198. The van der Waals surface area contributed by atoms with E-state index >= 15 is 0 Å². The number of rotatable bonds is 4. The monoisotopic (exact) mass is 612 g/mol. The van der Waals surface area contributed by atoms with Gasteiger partial charge in [-0.15, -0.1) is 0 Å². The van der Waals surface area contributed by atoms with Crippen molar-refractivity contribution < 1.29 is 0 Å². The first-order valence-corrected chi connectivity index (χ1v) is 16.3. The highest BCUT2D eigenvalue weighted by Gasteiger charge is 2.23. The lowest BCUT2D eigenvalue weighted by Gasteiger charge is -2.12. The predicted molar refractivity (Wildman–Crippen MR) is 199 cm³/mol. The molecule has 10 aromatic rings. The number of fused-ring (bicyclic) bond motifs is 9. The first kappa shape index (κ1) is 26.7. The molecular weight excluding hydrogens is 585 g/mol. The molecule has 224 valence electrons. The summed E-state index contributed by atoms with van der Waals surface area (Å²) in [5, 5.41) is 7.33. The highest BCUT2D eigenvalue weighted by atomic mass is 15.2. The van der Waals surface area contributed by atoms with Gasteiger partial charge in [-0.3, -0.25) is 4.57 Å². The summed E-state index contributed by atoms with van der Waals surface area (Å²) in [6.07, 6.45) is 0. The molecule has 4 heteroatoms. The van der Waals surface area contributed by atoms with Gasteiger partial charge in [0.1, 0.15) is 0 Å². The van der Waals surface area contributed by atoms with Crippen molar-refractivity contribution in [1.82, 2.24) is 19.1 Å². The molecule has 0 unspecified atom stereocenters. The standard InChI is InChI=1S/C44H28N4/c1-4-15-30(16-5-1)36-28-37(31-17-6-2-7-18-31)46-44(45-36)48-38-23-13-12-22-34(38)42-40(48)27-25-35-41-33-21-11-10-14-29(33)24-26-39(41)47(43(35)42)32-19-8-3-9-20-32/h1-28H. The molecular formula is C44H28N4. The lowest BCUT2D eigenvalue weighted by molar-refractivity contribution is 0.996. The molecule has 0 saturated heterocycles. The van der Waals surface area contributed by atoms with Gasteiger partial charge in [-0.25, -0.2) is 9.97 Å². The van der Waals surface area contributed by atoms with Crippen molar-refractivity contribution in [1.29, 1.82) is 0 Å². The Balaban J connectivity index is 1.37. The molecule has 0 saturated carbocycles. The summed E-state index contributed by atoms with van der Waals surface area (Å²) in [5.74, 6) is 0.647. The van der Waals surface area contributed by atoms with E-state index in [9.17, 15) is 0 Å². The van der Waals surface area contributed by atoms with E-state index in [1.54, 1.807) is 0 Å². The van der Waals surface area contributed by atoms with Crippen molar-refractivity contribution in [2.45, 2.75) is 0 Å². The maximum Gasteiger partial charge on any atom is 0.235 e. The molecule has 4 nitrogen and oxygen atoms in total. The van der Waals surface area contributed by atoms with Gasteiger partial charge >= 0.3 is 0 Å². The van der Waals surface area contributed by atoms with Crippen LogP contribution in [0.15, 0.2) is 170 Å². The van der Waals surface area contributed by atoms with Gasteiger partial charge in [0, 0.05) is 38.4 Å². The zero-order valence-corrected chi connectivity index (χ0v) is 26.0. The Labute approximate surface area is 276 Å². The molecule has 0 atom stereocenters. The van der Waals surface area contributed by atoms with Crippen molar-refractivity contribution in [3.05, 3.63) is 170 Å². The molecule has 3 heterocycles. The second kappa shape index (κ2) is 10.5. The zero-order valence-electron chi connectivity index (χ0n) is 26.0. The molecule has 0 radical (unpaired) electrons. The fourth-order valence-corrected chi connectivity index (χ4v) is 7.43. The molecule has 7 aromatic carbocycles. The molecule has 0 aliphatic heterocycles. The van der Waals surface area contributed by atoms with Gasteiger partial charge in [-0.2, -0.15) is 0 Å². The van der Waals surface area contributed by atoms with Crippen molar-refractivity contribution in [2.24, 2.45) is 0 Å². The van der Waals surface area contributed by atoms with Crippen LogP contribution in [0.2, 0.25) is 0 Å². The van der Waals surface area contributed by atoms with E-state index in [0.717, 1.165) is 44.6 Å². The molecule has 0 amide bonds. The second-order valence-electron chi connectivity index (χ2n) is 12.2. The average molecular weight is 613 g/mol. The Morgan fingerprint density at radius 2 is 0.938 bits per heavy atom. The summed E-state index contributed by atoms with van der Waals surface area (Å²) in [4.78, 5) is 10.5. The predicted octanol–water partition coefficient (Wildman–Crippen LogP) is 11.2. The van der Waals surface area contributed by atoms with Crippen LogP contribution in [0.25, 0.3) is 88.5 Å². The Kier molecular flexibility index (Phi) is 5.84. The Hall–Kier alpha value is -6.52. The van der Waals surface area contributed by atoms with Gasteiger partial charge in [0.25, 0.3) is 0 Å². The van der Waals surface area contributed by atoms with E-state index in [0.29, 0.717) is 5.95 Å². The van der Waals surface area contributed by atoms with E-state index in [1.165, 1.54) is 38.0 Å². The minimum absolute atomic E-state index is 0.647. The van der Waals surface area contributed by atoms with Crippen LogP contribution in [0.1, 0.15) is 0 Å². The van der Waals surface area contributed by atoms with Gasteiger partial charge in [-0.1, -0.05) is 133 Å². The van der Waals surface area contributed by atoms with Crippen molar-refractivity contribution in [3.8, 4) is 34.2 Å². The summed E-state index contributed by atoms with van der Waals surface area (Å²) < 4.78 is 4.68. The average Bonchev–Trinajstić information content (AvgIpc) is 3.69. The first-order chi connectivity index (χ1) is 23.8. The molecule has 48 heavy (non-hydrogen) atoms. The summed E-state index contributed by atoms with van der Waals surface area (Å²) >= 11 is 0. The Morgan fingerprint density at radius 1 is 0.375 bits per heavy atom. The van der Waals surface area contributed by atoms with Crippen LogP contribution in [0.3, 0.4) is 0 Å². The van der Waals surface area contributed by atoms with Gasteiger partial charge in [-0.05, 0) is 47.2 Å². The fourth-order valence-electron chi connectivity index (χ4n) is 7.43. The Morgan fingerprint density at radius 3 is 1.65 bits per heavy atom. The summed E-state index contributed by atoms with van der Waals surface area (Å²) in [6, 6.07) is 60.0. The number of hydrogen-bond acceptors (Lipinski definition) is 2. The number of para-hydroxylation sites is 2. The van der Waals surface area contributed by atoms with Crippen LogP contribution in [0.4, 0.5) is 0 Å². The molecule has 0 aliphatic rings. The van der Waals surface area contributed by atoms with E-state index in [1.807, 2.05) is 12.1 Å². The largest absolute Gasteiger partial charge is 0.309 e. The van der Waals surface area contributed by atoms with Crippen LogP contribution in [-0.4, -0.2) is 19.1 Å². The second-order valence-corrected chi connectivity index (χ2v) is 12.2. The number of hydrogen-bond donors (Lipinski definition) is 0. The van der Waals surface area contributed by atoms with Crippen LogP contribution >= 0.6 is 0 Å². The molecule has 0 aliphatic carbocycles. The highest BCUT2D eigenvalue weighted by molar-refractivity contribution is 6.30. The maximum atomic E-state index is 5.26. The van der Waals surface area contributed by atoms with Gasteiger partial charge in [0.2, 0.25) is 5.95 Å². The molecule has 0 N–H and O–H groups in total. The third kappa shape index (κ3) is 3.96. The molecule has 0 bridgehead atoms. The highest BCUT2D eigenvalue weighted by Crippen LogP contribution is 2.43. The van der Waals surface area contributed by atoms with Crippen molar-refractivity contribution >= 4 is 54.4 Å². The minimum Gasteiger partial charge on any atom is -0.309 e. The van der Waals surface area contributed by atoms with Gasteiger partial charge in [0.05, 0.1) is 33.5 Å². The number of aromatic nitrogens is 4. The summed E-state index contributed by atoms with van der Waals surface area (Å²) in [7, 11) is 0. The molecule has 10 rings (SSSR count). The maximum absolute atomic E-state index is 5.26. The minimum atomic E-state index is 0.647. The summed E-state index contributed by atoms with van der Waals surface area (Å²) in [6.45, 7) is 0. The van der Waals surface area contributed by atoms with E-state index in [4.69, 9.17) is 9.97 Å². The first-order valence-electron chi connectivity index (χ1n) is 16.3. The number of nitrogens with zero attached hydrogens (tertiary/aromatic N) is 4. The zero-order chi connectivity index (χ0) is 31.6. The van der Waals surface area contributed by atoms with Crippen molar-refractivity contribution in [3.63, 3.8) is 0 Å². The Bertz CT molecular complexity index is 2760. The molecule has 0 fully saturated rings. The SMILES string of the molecule is c1ccc(-c2cc(-c3ccccc3)nc(-n3c4ccccc4c4c3ccc3c5c6ccccc6ccc5n(-c5ccccc5)c34)n2)cc1. The molecule has 3 aromatic heterocycles. The third-order valence-corrected chi connectivity index (χ3v) is 9.52. The van der Waals surface area contributed by atoms with Crippen LogP contribution in [-0.2, 0) is 0 Å². The van der Waals surface area contributed by atoms with Gasteiger partial charge < -0.3 is 4.57 Å². The van der Waals surface area contributed by atoms with E-state index in [-0.39, 0.29) is 0 Å². The summed E-state index contributed by atoms with van der Waals surface area (Å²) in [5.41, 5.74) is 9.51. The van der Waals surface area contributed by atoms with E-state index in [2.05, 4.69) is 167 Å². The normalized spacial score (nSPS) is 11.8. The number of benzene rings is 7. The lowest BCUT2D eigenvalue weighted by atomic mass is 10.0. The van der Waals surface area contributed by atoms with E-state index < -0.39 is 0 Å². The van der Waals surface area contributed by atoms with Crippen LogP contribution in [0, 0.1) is 0 Å². The van der Waals surface area contributed by atoms with Gasteiger partial charge in [0.15, 0.2) is 0 Å². The fraction of sp³-hybridized carbons (Fsp3) is 0. The van der Waals surface area contributed by atoms with Crippen LogP contribution in [0.5, 0.6) is 0 Å². The smallest absolute Gasteiger partial charge is 0.235 e. The third-order valence-electron chi connectivity index (χ3n) is 9.52. The topological polar surface area (TPSA) is 35.6 Å². The van der Waals surface area contributed by atoms with Crippen molar-refractivity contribution in [2.75, 3.05) is 0 Å².